The minimum atomic E-state index is -0.0968. The molecule has 4 rings (SSSR count). The average Bonchev–Trinajstić information content (AvgIpc) is 3.01. The van der Waals surface area contributed by atoms with Crippen LogP contribution in [0, 0.1) is 0 Å². The first kappa shape index (κ1) is 12.4. The van der Waals surface area contributed by atoms with Crippen LogP contribution in [-0.4, -0.2) is 6.61 Å². The van der Waals surface area contributed by atoms with Crippen LogP contribution in [0.5, 0.6) is 5.75 Å². The van der Waals surface area contributed by atoms with Crippen molar-refractivity contribution in [2.45, 2.75) is 12.5 Å². The van der Waals surface area contributed by atoms with E-state index in [0.717, 1.165) is 29.9 Å². The fraction of sp³-hybridized carbons (Fsp3) is 0.158. The molecule has 0 saturated carbocycles. The van der Waals surface area contributed by atoms with Gasteiger partial charge in [0.25, 0.3) is 0 Å². The lowest BCUT2D eigenvalue weighted by molar-refractivity contribution is 0.357. The second-order valence-electron chi connectivity index (χ2n) is 5.55. The second kappa shape index (κ2) is 4.90. The van der Waals surface area contributed by atoms with Crippen LogP contribution >= 0.6 is 0 Å². The van der Waals surface area contributed by atoms with Gasteiger partial charge in [-0.25, -0.2) is 0 Å². The number of benzene rings is 3. The molecule has 2 nitrogen and oxygen atoms in total. The summed E-state index contributed by atoms with van der Waals surface area (Å²) in [4.78, 5) is 0. The third-order valence-electron chi connectivity index (χ3n) is 4.21. The summed E-state index contributed by atoms with van der Waals surface area (Å²) in [5.41, 5.74) is 10.0. The van der Waals surface area contributed by atoms with Gasteiger partial charge in [0, 0.05) is 6.42 Å². The quantitative estimate of drug-likeness (QED) is 0.771. The van der Waals surface area contributed by atoms with Gasteiger partial charge in [0.1, 0.15) is 5.75 Å². The van der Waals surface area contributed by atoms with Crippen molar-refractivity contribution in [3.63, 3.8) is 0 Å². The second-order valence-corrected chi connectivity index (χ2v) is 5.55. The summed E-state index contributed by atoms with van der Waals surface area (Å²) in [6.07, 6.45) is 0.980. The van der Waals surface area contributed by atoms with Gasteiger partial charge >= 0.3 is 0 Å². The topological polar surface area (TPSA) is 35.2 Å². The number of nitrogens with two attached hydrogens (primary N) is 1. The Morgan fingerprint density at radius 2 is 1.62 bits per heavy atom. The molecule has 0 fully saturated rings. The molecule has 0 aliphatic carbocycles. The van der Waals surface area contributed by atoms with Gasteiger partial charge in [-0.15, -0.1) is 0 Å². The summed E-state index contributed by atoms with van der Waals surface area (Å²) >= 11 is 0. The van der Waals surface area contributed by atoms with Gasteiger partial charge in [0.2, 0.25) is 0 Å². The Labute approximate surface area is 124 Å². The van der Waals surface area contributed by atoms with Crippen molar-refractivity contribution in [1.29, 1.82) is 0 Å². The molecule has 104 valence electrons. The number of hydrogen-bond acceptors (Lipinski definition) is 2. The maximum absolute atomic E-state index is 6.46. The van der Waals surface area contributed by atoms with Crippen molar-refractivity contribution < 1.29 is 4.74 Å². The van der Waals surface area contributed by atoms with Gasteiger partial charge in [0.05, 0.1) is 12.6 Å². The van der Waals surface area contributed by atoms with Crippen molar-refractivity contribution in [2.75, 3.05) is 6.61 Å². The molecule has 0 radical (unpaired) electrons. The zero-order chi connectivity index (χ0) is 14.2. The van der Waals surface area contributed by atoms with E-state index in [-0.39, 0.29) is 6.04 Å². The SMILES string of the molecule is NC(c1ccc2c(c1)CCO2)c1ccc2ccccc2c1. The smallest absolute Gasteiger partial charge is 0.122 e. The lowest BCUT2D eigenvalue weighted by Crippen LogP contribution is -2.11. The maximum Gasteiger partial charge on any atom is 0.122 e. The van der Waals surface area contributed by atoms with Crippen molar-refractivity contribution in [2.24, 2.45) is 5.73 Å². The molecule has 0 aromatic heterocycles. The fourth-order valence-corrected chi connectivity index (χ4v) is 2.99. The van der Waals surface area contributed by atoms with E-state index < -0.39 is 0 Å². The van der Waals surface area contributed by atoms with E-state index in [9.17, 15) is 0 Å². The Morgan fingerprint density at radius 1 is 0.857 bits per heavy atom. The summed E-state index contributed by atoms with van der Waals surface area (Å²) in [5, 5.41) is 2.48. The lowest BCUT2D eigenvalue weighted by Gasteiger charge is -2.14. The molecule has 1 heterocycles. The zero-order valence-corrected chi connectivity index (χ0v) is 11.8. The van der Waals surface area contributed by atoms with E-state index in [1.165, 1.54) is 16.3 Å². The van der Waals surface area contributed by atoms with Crippen LogP contribution in [-0.2, 0) is 6.42 Å². The third kappa shape index (κ3) is 2.18. The highest BCUT2D eigenvalue weighted by atomic mass is 16.5. The van der Waals surface area contributed by atoms with E-state index >= 15 is 0 Å². The van der Waals surface area contributed by atoms with Crippen molar-refractivity contribution in [1.82, 2.24) is 0 Å². The van der Waals surface area contributed by atoms with E-state index in [0.29, 0.717) is 0 Å². The Bertz CT molecular complexity index is 810. The van der Waals surface area contributed by atoms with Crippen molar-refractivity contribution >= 4 is 10.8 Å². The van der Waals surface area contributed by atoms with Crippen LogP contribution in [0.1, 0.15) is 22.7 Å². The summed E-state index contributed by atoms with van der Waals surface area (Å²) in [6, 6.07) is 21.0. The summed E-state index contributed by atoms with van der Waals surface area (Å²) in [5.74, 6) is 1.00. The molecule has 0 saturated heterocycles. The molecule has 1 unspecified atom stereocenters. The van der Waals surface area contributed by atoms with Crippen LogP contribution in [0.25, 0.3) is 10.8 Å². The number of rotatable bonds is 2. The Balaban J connectivity index is 1.73. The molecule has 0 spiro atoms. The molecule has 21 heavy (non-hydrogen) atoms. The maximum atomic E-state index is 6.46. The third-order valence-corrected chi connectivity index (χ3v) is 4.21. The van der Waals surface area contributed by atoms with Crippen LogP contribution in [0.4, 0.5) is 0 Å². The molecule has 1 aliphatic heterocycles. The molecular weight excluding hydrogens is 258 g/mol. The van der Waals surface area contributed by atoms with Crippen molar-refractivity contribution in [3.05, 3.63) is 77.4 Å². The minimum Gasteiger partial charge on any atom is -0.493 e. The van der Waals surface area contributed by atoms with Gasteiger partial charge in [-0.1, -0.05) is 48.5 Å². The molecule has 0 amide bonds. The summed E-state index contributed by atoms with van der Waals surface area (Å²) in [6.45, 7) is 0.782. The number of ether oxygens (including phenoxy) is 1. The predicted octanol–water partition coefficient (Wildman–Crippen LogP) is 3.82. The highest BCUT2D eigenvalue weighted by Gasteiger charge is 2.16. The Hall–Kier alpha value is -2.32. The molecule has 2 heteroatoms. The average molecular weight is 275 g/mol. The van der Waals surface area contributed by atoms with Gasteiger partial charge in [-0.2, -0.15) is 0 Å². The van der Waals surface area contributed by atoms with Gasteiger partial charge in [-0.3, -0.25) is 0 Å². The first-order valence-corrected chi connectivity index (χ1v) is 7.31. The molecule has 0 bridgehead atoms. The Morgan fingerprint density at radius 3 is 2.52 bits per heavy atom. The molecule has 1 atom stereocenters. The molecule has 3 aromatic carbocycles. The Kier molecular flexibility index (Phi) is 2.90. The van der Waals surface area contributed by atoms with Crippen LogP contribution < -0.4 is 10.5 Å². The molecule has 2 N–H and O–H groups in total. The molecular formula is C19H17NO. The highest BCUT2D eigenvalue weighted by Crippen LogP contribution is 2.30. The first-order chi connectivity index (χ1) is 10.3. The van der Waals surface area contributed by atoms with E-state index in [2.05, 4.69) is 54.6 Å². The first-order valence-electron chi connectivity index (χ1n) is 7.31. The monoisotopic (exact) mass is 275 g/mol. The van der Waals surface area contributed by atoms with Gasteiger partial charge < -0.3 is 10.5 Å². The predicted molar refractivity (Wildman–Crippen MR) is 85.6 cm³/mol. The van der Waals surface area contributed by atoms with E-state index in [4.69, 9.17) is 10.5 Å². The lowest BCUT2D eigenvalue weighted by atomic mass is 9.95. The van der Waals surface area contributed by atoms with Crippen LogP contribution in [0.2, 0.25) is 0 Å². The van der Waals surface area contributed by atoms with E-state index in [1.54, 1.807) is 0 Å². The highest BCUT2D eigenvalue weighted by molar-refractivity contribution is 5.83. The number of fused-ring (bicyclic) bond motifs is 2. The minimum absolute atomic E-state index is 0.0968. The van der Waals surface area contributed by atoms with Gasteiger partial charge in [-0.05, 0) is 39.6 Å². The summed E-state index contributed by atoms with van der Waals surface area (Å²) < 4.78 is 5.56. The zero-order valence-electron chi connectivity index (χ0n) is 11.8. The van der Waals surface area contributed by atoms with Crippen molar-refractivity contribution in [3.8, 4) is 5.75 Å². The fourth-order valence-electron chi connectivity index (χ4n) is 2.99. The van der Waals surface area contributed by atoms with Gasteiger partial charge in [0.15, 0.2) is 0 Å². The largest absolute Gasteiger partial charge is 0.493 e. The van der Waals surface area contributed by atoms with Crippen LogP contribution in [0.15, 0.2) is 60.7 Å². The summed E-state index contributed by atoms with van der Waals surface area (Å²) in [7, 11) is 0. The normalized spacial score (nSPS) is 14.7. The molecule has 3 aromatic rings. The van der Waals surface area contributed by atoms with E-state index in [1.807, 2.05) is 6.07 Å². The van der Waals surface area contributed by atoms with Crippen LogP contribution in [0.3, 0.4) is 0 Å². The number of hydrogen-bond donors (Lipinski definition) is 1. The standard InChI is InChI=1S/C19H17NO/c20-19(17-7-8-18-15(12-17)9-10-21-18)16-6-5-13-3-1-2-4-14(13)11-16/h1-8,11-12,19H,9-10,20H2. The molecule has 1 aliphatic rings.